The highest BCUT2D eigenvalue weighted by Crippen LogP contribution is 2.21. The van der Waals surface area contributed by atoms with Gasteiger partial charge in [-0.15, -0.1) is 0 Å². The summed E-state index contributed by atoms with van der Waals surface area (Å²) in [6, 6.07) is 0. The number of hydrogen-bond acceptors (Lipinski definition) is 4. The molecule has 4 N–H and O–H groups in total. The van der Waals surface area contributed by atoms with Crippen molar-refractivity contribution in [1.82, 2.24) is 10.0 Å². The molecule has 0 aromatic carbocycles. The molecule has 0 saturated heterocycles. The molecule has 19 heavy (non-hydrogen) atoms. The van der Waals surface area contributed by atoms with Crippen LogP contribution >= 0.6 is 12.2 Å². The molecule has 0 fully saturated rings. The second-order valence-corrected chi connectivity index (χ2v) is 7.68. The summed E-state index contributed by atoms with van der Waals surface area (Å²) in [6.07, 6.45) is 1.55. The average Bonchev–Trinajstić information content (AvgIpc) is 2.21. The number of nitrogens with one attached hydrogen (secondary N) is 2. The summed E-state index contributed by atoms with van der Waals surface area (Å²) in [6.45, 7) is 6.99. The highest BCUT2D eigenvalue weighted by atomic mass is 32.2. The highest BCUT2D eigenvalue weighted by molar-refractivity contribution is 7.88. The fourth-order valence-corrected chi connectivity index (χ4v) is 2.79. The monoisotopic (exact) mass is 309 g/mol. The van der Waals surface area contributed by atoms with Gasteiger partial charge in [0.05, 0.1) is 16.7 Å². The lowest BCUT2D eigenvalue weighted by atomic mass is 9.86. The van der Waals surface area contributed by atoms with Crippen molar-refractivity contribution in [3.8, 4) is 0 Å². The first kappa shape index (κ1) is 18.3. The van der Waals surface area contributed by atoms with Gasteiger partial charge in [-0.05, 0) is 27.2 Å². The summed E-state index contributed by atoms with van der Waals surface area (Å²) in [5, 5.41) is 2.68. The van der Waals surface area contributed by atoms with E-state index in [1.165, 1.54) is 0 Å². The van der Waals surface area contributed by atoms with Crippen LogP contribution in [-0.4, -0.2) is 37.7 Å². The van der Waals surface area contributed by atoms with E-state index < -0.39 is 21.0 Å². The standard InChI is InChI=1S/C11H23N3O3S2/c1-6-11(4,8(12)18)9(15)13-7-10(2,3)14-19(5,16)17/h14H,6-7H2,1-5H3,(H2,12,18)(H,13,15). The van der Waals surface area contributed by atoms with Crippen molar-refractivity contribution < 1.29 is 13.2 Å². The minimum Gasteiger partial charge on any atom is -0.392 e. The number of hydrogen-bond donors (Lipinski definition) is 3. The minimum atomic E-state index is -3.34. The van der Waals surface area contributed by atoms with Crippen LogP contribution in [0.2, 0.25) is 0 Å². The first-order valence-electron chi connectivity index (χ1n) is 5.91. The molecule has 1 unspecified atom stereocenters. The van der Waals surface area contributed by atoms with Crippen LogP contribution in [0.4, 0.5) is 0 Å². The normalized spacial score (nSPS) is 15.6. The molecule has 0 rings (SSSR count). The van der Waals surface area contributed by atoms with Gasteiger partial charge in [-0.1, -0.05) is 19.1 Å². The third-order valence-electron chi connectivity index (χ3n) is 2.90. The molecule has 0 aliphatic heterocycles. The number of nitrogens with two attached hydrogens (primary N) is 1. The van der Waals surface area contributed by atoms with E-state index >= 15 is 0 Å². The molecule has 0 aromatic rings. The summed E-state index contributed by atoms with van der Waals surface area (Å²) in [7, 11) is -3.34. The second-order valence-electron chi connectivity index (χ2n) is 5.49. The predicted octanol–water partition coefficient (Wildman–Crippen LogP) is 0.133. The number of carbonyl (C=O) groups excluding carboxylic acids is 1. The average molecular weight is 309 g/mol. The van der Waals surface area contributed by atoms with Crippen LogP contribution in [0.5, 0.6) is 0 Å². The molecule has 112 valence electrons. The van der Waals surface area contributed by atoms with Crippen LogP contribution in [0.3, 0.4) is 0 Å². The van der Waals surface area contributed by atoms with Gasteiger partial charge < -0.3 is 11.1 Å². The smallest absolute Gasteiger partial charge is 0.232 e. The Kier molecular flexibility index (Phi) is 5.91. The van der Waals surface area contributed by atoms with Gasteiger partial charge in [0, 0.05) is 12.1 Å². The van der Waals surface area contributed by atoms with E-state index in [0.29, 0.717) is 6.42 Å². The Hall–Kier alpha value is -0.730. The molecule has 0 aliphatic carbocycles. The zero-order valence-electron chi connectivity index (χ0n) is 12.0. The topological polar surface area (TPSA) is 101 Å². The fourth-order valence-electron chi connectivity index (χ4n) is 1.48. The van der Waals surface area contributed by atoms with Crippen molar-refractivity contribution in [1.29, 1.82) is 0 Å². The molecule has 0 saturated carbocycles. The number of carbonyl (C=O) groups is 1. The van der Waals surface area contributed by atoms with Gasteiger partial charge in [-0.2, -0.15) is 0 Å². The molecule has 1 atom stereocenters. The van der Waals surface area contributed by atoms with Crippen LogP contribution < -0.4 is 15.8 Å². The molecule has 1 amide bonds. The maximum Gasteiger partial charge on any atom is 0.232 e. The van der Waals surface area contributed by atoms with Gasteiger partial charge in [-0.3, -0.25) is 4.79 Å². The van der Waals surface area contributed by atoms with Crippen molar-refractivity contribution in [2.45, 2.75) is 39.7 Å². The van der Waals surface area contributed by atoms with Crippen LogP contribution in [-0.2, 0) is 14.8 Å². The third kappa shape index (κ3) is 5.84. The van der Waals surface area contributed by atoms with Crippen LogP contribution in [0.25, 0.3) is 0 Å². The minimum absolute atomic E-state index is 0.126. The summed E-state index contributed by atoms with van der Waals surface area (Å²) in [5.41, 5.74) is 3.88. The lowest BCUT2D eigenvalue weighted by molar-refractivity contribution is -0.127. The van der Waals surface area contributed by atoms with E-state index in [1.807, 2.05) is 6.92 Å². The van der Waals surface area contributed by atoms with E-state index in [9.17, 15) is 13.2 Å². The molecule has 0 aliphatic rings. The van der Waals surface area contributed by atoms with Crippen LogP contribution in [0.1, 0.15) is 34.1 Å². The van der Waals surface area contributed by atoms with Gasteiger partial charge in [0.15, 0.2) is 0 Å². The highest BCUT2D eigenvalue weighted by Gasteiger charge is 2.35. The molecule has 0 radical (unpaired) electrons. The van der Waals surface area contributed by atoms with E-state index in [4.69, 9.17) is 18.0 Å². The Bertz CT molecular complexity index is 460. The Balaban J connectivity index is 4.73. The van der Waals surface area contributed by atoms with Crippen molar-refractivity contribution >= 4 is 33.1 Å². The summed E-state index contributed by atoms with van der Waals surface area (Å²) in [5.74, 6) is -0.300. The van der Waals surface area contributed by atoms with Gasteiger partial charge in [-0.25, -0.2) is 13.1 Å². The lowest BCUT2D eigenvalue weighted by Gasteiger charge is -2.30. The van der Waals surface area contributed by atoms with Gasteiger partial charge in [0.1, 0.15) is 0 Å². The zero-order valence-corrected chi connectivity index (χ0v) is 13.7. The van der Waals surface area contributed by atoms with Crippen molar-refractivity contribution in [3.05, 3.63) is 0 Å². The molecule has 0 heterocycles. The molecule has 8 heteroatoms. The fraction of sp³-hybridized carbons (Fsp3) is 0.818. The second kappa shape index (κ2) is 6.15. The molecule has 0 aromatic heterocycles. The van der Waals surface area contributed by atoms with E-state index in [1.54, 1.807) is 20.8 Å². The largest absolute Gasteiger partial charge is 0.392 e. The zero-order chi connectivity index (χ0) is 15.5. The maximum absolute atomic E-state index is 12.1. The first-order chi connectivity index (χ1) is 8.34. The van der Waals surface area contributed by atoms with Gasteiger partial charge in [0.25, 0.3) is 0 Å². The molecular formula is C11H23N3O3S2. The Morgan fingerprint density at radius 3 is 2.11 bits per heavy atom. The van der Waals surface area contributed by atoms with Crippen LogP contribution in [0.15, 0.2) is 0 Å². The summed E-state index contributed by atoms with van der Waals surface area (Å²) in [4.78, 5) is 12.2. The Labute approximate surface area is 120 Å². The van der Waals surface area contributed by atoms with E-state index in [-0.39, 0.29) is 17.4 Å². The number of amides is 1. The Morgan fingerprint density at radius 1 is 1.32 bits per heavy atom. The summed E-state index contributed by atoms with van der Waals surface area (Å²) < 4.78 is 24.8. The van der Waals surface area contributed by atoms with Gasteiger partial charge in [0.2, 0.25) is 15.9 Å². The van der Waals surface area contributed by atoms with E-state index in [2.05, 4.69) is 10.0 Å². The molecule has 6 nitrogen and oxygen atoms in total. The predicted molar refractivity (Wildman–Crippen MR) is 80.3 cm³/mol. The molecule has 0 spiro atoms. The van der Waals surface area contributed by atoms with E-state index in [0.717, 1.165) is 6.26 Å². The van der Waals surface area contributed by atoms with Gasteiger partial charge >= 0.3 is 0 Å². The number of sulfonamides is 1. The Morgan fingerprint density at radius 2 is 1.79 bits per heavy atom. The van der Waals surface area contributed by atoms with Crippen molar-refractivity contribution in [2.24, 2.45) is 11.1 Å². The quantitative estimate of drug-likeness (QED) is 0.580. The first-order valence-corrected chi connectivity index (χ1v) is 8.21. The third-order valence-corrected chi connectivity index (χ3v) is 4.28. The molecular weight excluding hydrogens is 286 g/mol. The lowest BCUT2D eigenvalue weighted by Crippen LogP contribution is -2.54. The molecule has 0 bridgehead atoms. The maximum atomic E-state index is 12.1. The van der Waals surface area contributed by atoms with Crippen molar-refractivity contribution in [2.75, 3.05) is 12.8 Å². The summed E-state index contributed by atoms with van der Waals surface area (Å²) >= 11 is 4.91. The number of thiocarbonyl (C=S) groups is 1. The number of rotatable bonds is 7. The van der Waals surface area contributed by atoms with Crippen LogP contribution in [0, 0.1) is 5.41 Å². The van der Waals surface area contributed by atoms with Crippen molar-refractivity contribution in [3.63, 3.8) is 0 Å². The SMILES string of the molecule is CCC(C)(C(=O)NCC(C)(C)NS(C)(=O)=O)C(N)=S.